The van der Waals surface area contributed by atoms with Crippen molar-refractivity contribution >= 4 is 15.8 Å². The smallest absolute Gasteiger partial charge is 0.786 e. The molecule has 12 heteroatoms. The minimum atomic E-state index is -5.64. The first-order chi connectivity index (χ1) is 4.00. The zero-order chi connectivity index (χ0) is 9.00. The molecule has 0 aromatic carbocycles. The molecule has 0 aliphatic rings. The van der Waals surface area contributed by atoms with Gasteiger partial charge in [0, 0.05) is 0 Å². The minimum Gasteiger partial charge on any atom is -0.786 e. The zero-order valence-corrected chi connectivity index (χ0v) is 8.90. The van der Waals surface area contributed by atoms with Crippen LogP contribution in [0.1, 0.15) is 0 Å². The van der Waals surface area contributed by atoms with E-state index in [2.05, 4.69) is 0 Å². The summed E-state index contributed by atoms with van der Waals surface area (Å²) in [7, 11) is -11.3. The van der Waals surface area contributed by atoms with Crippen molar-refractivity contribution in [2.45, 2.75) is 0 Å². The molecule has 12 heavy (non-hydrogen) atoms. The molecule has 6 nitrogen and oxygen atoms in total. The van der Waals surface area contributed by atoms with E-state index >= 15 is 0 Å². The van der Waals surface area contributed by atoms with Crippen LogP contribution in [0, 0.1) is 0 Å². The van der Waals surface area contributed by atoms with Gasteiger partial charge in [-0.15, -0.1) is 0 Å². The van der Waals surface area contributed by atoms with Crippen LogP contribution in [-0.4, -0.2) is 0 Å². The molecule has 0 spiro atoms. The van der Waals surface area contributed by atoms with Gasteiger partial charge in [0.25, 0.3) is 0 Å². The second-order valence-corrected chi connectivity index (χ2v) is 2.58. The summed E-state index contributed by atoms with van der Waals surface area (Å²) in [6.07, 6.45) is 0. The Bertz CT molecular complexity index is 136. The van der Waals surface area contributed by atoms with E-state index in [4.69, 9.17) is 28.7 Å². The van der Waals surface area contributed by atoms with Gasteiger partial charge in [0.1, 0.15) is 15.8 Å². The summed E-state index contributed by atoms with van der Waals surface area (Å²) in [5.41, 5.74) is 0. The molecule has 0 atom stereocenters. The van der Waals surface area contributed by atoms with Crippen molar-refractivity contribution in [1.82, 2.24) is 0 Å². The number of rotatable bonds is 0. The maximum absolute atomic E-state index is 10.1. The molecule has 0 saturated heterocycles. The van der Waals surface area contributed by atoms with Crippen LogP contribution in [-0.2, 0) is 43.3 Å². The molecule has 0 rings (SSSR count). The van der Waals surface area contributed by atoms with Crippen molar-refractivity contribution in [1.29, 1.82) is 0 Å². The molecule has 0 heterocycles. The molecule has 1 radical (unpaired) electrons. The van der Waals surface area contributed by atoms with Gasteiger partial charge in [0.05, 0.1) is 0 Å². The SMILES string of the molecule is O=P([O-])([O-])F.O=P([O-])([O-])F.[Fe+2].[Mn+2]. The molecule has 0 aromatic rings. The Morgan fingerprint density at radius 2 is 0.833 bits per heavy atom. The summed E-state index contributed by atoms with van der Waals surface area (Å²) in [4.78, 5) is 33.8. The van der Waals surface area contributed by atoms with E-state index in [1.165, 1.54) is 0 Å². The molecular formula is F2FeMnO6P2. The van der Waals surface area contributed by atoms with Gasteiger partial charge in [0.2, 0.25) is 0 Å². The van der Waals surface area contributed by atoms with Crippen LogP contribution in [0.5, 0.6) is 0 Å². The first-order valence-corrected chi connectivity index (χ1v) is 4.30. The summed E-state index contributed by atoms with van der Waals surface area (Å²) in [6.45, 7) is 0. The minimum absolute atomic E-state index is 0. The van der Waals surface area contributed by atoms with E-state index in [1.807, 2.05) is 0 Å². The van der Waals surface area contributed by atoms with Crippen LogP contribution in [0.25, 0.3) is 0 Å². The summed E-state index contributed by atoms with van der Waals surface area (Å²) < 4.78 is 37.1. The fraction of sp³-hybridized carbons (Fsp3) is 0. The van der Waals surface area contributed by atoms with E-state index in [-0.39, 0.29) is 34.1 Å². The monoisotopic (exact) mass is 307 g/mol. The standard InChI is InChI=1S/2FH2O3P.Fe.Mn/c2*1-5(2,3)4;;/h2*(H2,2,3,4);;/q;;2*+2/p-4. The molecule has 0 unspecified atom stereocenters. The quantitative estimate of drug-likeness (QED) is 0.361. The van der Waals surface area contributed by atoms with Gasteiger partial charge in [-0.3, -0.25) is 0 Å². The van der Waals surface area contributed by atoms with E-state index < -0.39 is 15.8 Å². The molecule has 75 valence electrons. The fourth-order valence-electron chi connectivity index (χ4n) is 0. The normalized spacial score (nSPS) is 9.83. The Kier molecular flexibility index (Phi) is 17.0. The molecule has 0 aliphatic heterocycles. The maximum atomic E-state index is 10.1. The van der Waals surface area contributed by atoms with E-state index in [0.29, 0.717) is 0 Å². The Hall–Kier alpha value is 1.20. The van der Waals surface area contributed by atoms with E-state index in [9.17, 15) is 8.39 Å². The summed E-state index contributed by atoms with van der Waals surface area (Å²) in [5, 5.41) is 0. The van der Waals surface area contributed by atoms with Gasteiger partial charge in [-0.1, -0.05) is 0 Å². The van der Waals surface area contributed by atoms with Crippen molar-refractivity contribution in [3.63, 3.8) is 0 Å². The summed E-state index contributed by atoms with van der Waals surface area (Å²) in [6, 6.07) is 0. The third kappa shape index (κ3) is 810. The summed E-state index contributed by atoms with van der Waals surface area (Å²) in [5.74, 6) is 0. The van der Waals surface area contributed by atoms with Gasteiger partial charge >= 0.3 is 34.1 Å². The third-order valence-corrected chi connectivity index (χ3v) is 0. The predicted molar refractivity (Wildman–Crippen MR) is 17.4 cm³/mol. The maximum Gasteiger partial charge on any atom is 2.00 e. The second kappa shape index (κ2) is 8.78. The number of halogens is 2. The molecule has 0 amide bonds. The van der Waals surface area contributed by atoms with Gasteiger partial charge in [-0.2, -0.15) is 0 Å². The Balaban J connectivity index is -0.0000000457. The van der Waals surface area contributed by atoms with Crippen molar-refractivity contribution < 1.29 is 71.2 Å². The first kappa shape index (κ1) is 23.2. The van der Waals surface area contributed by atoms with Crippen LogP contribution in [0.2, 0.25) is 0 Å². The van der Waals surface area contributed by atoms with Crippen molar-refractivity contribution in [2.75, 3.05) is 0 Å². The van der Waals surface area contributed by atoms with Gasteiger partial charge in [-0.05, 0) is 0 Å². The predicted octanol–water partition coefficient (Wildman–Crippen LogP) is -2.44. The van der Waals surface area contributed by atoms with Gasteiger partial charge < -0.3 is 28.7 Å². The molecular weight excluding hydrogens is 307 g/mol. The first-order valence-electron chi connectivity index (χ1n) is 1.43. The van der Waals surface area contributed by atoms with E-state index in [1.54, 1.807) is 0 Å². The number of hydrogen-bond acceptors (Lipinski definition) is 6. The van der Waals surface area contributed by atoms with Crippen LogP contribution >= 0.6 is 15.8 Å². The second-order valence-electron chi connectivity index (χ2n) is 0.861. The molecule has 0 bridgehead atoms. The average molecular weight is 307 g/mol. The Morgan fingerprint density at radius 3 is 0.833 bits per heavy atom. The molecule has 0 aromatic heterocycles. The third-order valence-electron chi connectivity index (χ3n) is 0. The number of hydrogen-bond donors (Lipinski definition) is 0. The van der Waals surface area contributed by atoms with Gasteiger partial charge in [-0.25, -0.2) is 8.39 Å². The van der Waals surface area contributed by atoms with Crippen LogP contribution in [0.15, 0.2) is 0 Å². The Morgan fingerprint density at radius 1 is 0.833 bits per heavy atom. The molecule has 0 saturated carbocycles. The largest absolute Gasteiger partial charge is 2.00 e. The van der Waals surface area contributed by atoms with Crippen molar-refractivity contribution in [2.24, 2.45) is 0 Å². The van der Waals surface area contributed by atoms with Gasteiger partial charge in [0.15, 0.2) is 0 Å². The molecule has 0 aliphatic carbocycles. The summed E-state index contributed by atoms with van der Waals surface area (Å²) >= 11 is 0. The topological polar surface area (TPSA) is 126 Å². The Labute approximate surface area is 87.2 Å². The molecule has 0 N–H and O–H groups in total. The zero-order valence-electron chi connectivity index (χ0n) is 4.83. The molecule has 0 fully saturated rings. The van der Waals surface area contributed by atoms with Crippen LogP contribution < -0.4 is 19.6 Å². The fourth-order valence-corrected chi connectivity index (χ4v) is 0. The van der Waals surface area contributed by atoms with Crippen LogP contribution in [0.4, 0.5) is 8.39 Å². The van der Waals surface area contributed by atoms with Crippen LogP contribution in [0.3, 0.4) is 0 Å². The average Bonchev–Trinajstić information content (AvgIpc) is 1.12. The van der Waals surface area contributed by atoms with E-state index in [0.717, 1.165) is 0 Å². The van der Waals surface area contributed by atoms with Crippen molar-refractivity contribution in [3.8, 4) is 0 Å². The van der Waals surface area contributed by atoms with Crippen molar-refractivity contribution in [3.05, 3.63) is 0 Å².